The first kappa shape index (κ1) is 9.96. The van der Waals surface area contributed by atoms with Gasteiger partial charge in [0.15, 0.2) is 0 Å². The van der Waals surface area contributed by atoms with Crippen LogP contribution in [0.1, 0.15) is 27.2 Å². The van der Waals surface area contributed by atoms with Gasteiger partial charge in [0.1, 0.15) is 6.23 Å². The molecule has 0 radical (unpaired) electrons. The van der Waals surface area contributed by atoms with E-state index in [0.29, 0.717) is 5.92 Å². The van der Waals surface area contributed by atoms with Crippen molar-refractivity contribution in [2.75, 3.05) is 19.7 Å². The van der Waals surface area contributed by atoms with Gasteiger partial charge in [-0.2, -0.15) is 0 Å². The molecule has 0 amide bonds. The van der Waals surface area contributed by atoms with Crippen LogP contribution in [0.4, 0.5) is 0 Å². The van der Waals surface area contributed by atoms with Crippen molar-refractivity contribution in [2.45, 2.75) is 33.4 Å². The van der Waals surface area contributed by atoms with Gasteiger partial charge in [0.05, 0.1) is 6.61 Å². The van der Waals surface area contributed by atoms with Gasteiger partial charge in [-0.1, -0.05) is 20.8 Å². The van der Waals surface area contributed by atoms with E-state index in [0.717, 1.165) is 19.7 Å². The maximum atomic E-state index is 5.56. The predicted molar refractivity (Wildman–Crippen MR) is 49.6 cm³/mol. The van der Waals surface area contributed by atoms with Crippen molar-refractivity contribution in [3.05, 3.63) is 0 Å². The lowest BCUT2D eigenvalue weighted by atomic mass is 10.2. The fourth-order valence-electron chi connectivity index (χ4n) is 1.36. The van der Waals surface area contributed by atoms with Gasteiger partial charge in [-0.25, -0.2) is 10.4 Å². The molecule has 1 aliphatic heterocycles. The molecule has 0 bridgehead atoms. The van der Waals surface area contributed by atoms with Gasteiger partial charge in [-0.05, 0) is 12.3 Å². The Hall–Kier alpha value is -0.120. The summed E-state index contributed by atoms with van der Waals surface area (Å²) in [4.78, 5) is 0. The molecule has 3 nitrogen and oxygen atoms in total. The van der Waals surface area contributed by atoms with E-state index in [4.69, 9.17) is 4.74 Å². The number of rotatable bonds is 3. The van der Waals surface area contributed by atoms with E-state index in [1.54, 1.807) is 0 Å². The number of hydrazine groups is 1. The highest BCUT2D eigenvalue weighted by Crippen LogP contribution is 2.08. The number of hydrogen-bond donors (Lipinski definition) is 1. The molecule has 0 aromatic heterocycles. The Morgan fingerprint density at radius 3 is 2.92 bits per heavy atom. The third-order valence-electron chi connectivity index (χ3n) is 2.07. The zero-order valence-corrected chi connectivity index (χ0v) is 8.34. The summed E-state index contributed by atoms with van der Waals surface area (Å²) in [6.07, 6.45) is 1.41. The van der Waals surface area contributed by atoms with Crippen molar-refractivity contribution >= 4 is 0 Å². The molecule has 0 aromatic carbocycles. The van der Waals surface area contributed by atoms with Gasteiger partial charge in [-0.3, -0.25) is 0 Å². The van der Waals surface area contributed by atoms with Crippen molar-refractivity contribution in [3.8, 4) is 0 Å². The lowest BCUT2D eigenvalue weighted by Crippen LogP contribution is -2.54. The van der Waals surface area contributed by atoms with Crippen molar-refractivity contribution in [1.29, 1.82) is 0 Å². The van der Waals surface area contributed by atoms with Gasteiger partial charge in [-0.15, -0.1) is 0 Å². The maximum Gasteiger partial charge on any atom is 0.122 e. The number of ether oxygens (including phenoxy) is 1. The van der Waals surface area contributed by atoms with Crippen molar-refractivity contribution in [3.63, 3.8) is 0 Å². The van der Waals surface area contributed by atoms with Crippen LogP contribution in [0.15, 0.2) is 0 Å². The minimum absolute atomic E-state index is 0.213. The van der Waals surface area contributed by atoms with Crippen LogP contribution in [-0.2, 0) is 4.74 Å². The lowest BCUT2D eigenvalue weighted by Gasteiger charge is -2.35. The van der Waals surface area contributed by atoms with Gasteiger partial charge in [0.25, 0.3) is 0 Å². The predicted octanol–water partition coefficient (Wildman–Crippen LogP) is 1.22. The van der Waals surface area contributed by atoms with Crippen molar-refractivity contribution in [2.24, 2.45) is 5.92 Å². The summed E-state index contributed by atoms with van der Waals surface area (Å²) in [7, 11) is 0. The fourth-order valence-corrected chi connectivity index (χ4v) is 1.36. The standard InChI is InChI=1S/C9H20N2O/c1-4-5-11-6-7-12-9(10-11)8(2)3/h8-10H,4-7H2,1-3H3. The number of nitrogens with zero attached hydrogens (tertiary/aromatic N) is 1. The van der Waals surface area contributed by atoms with Crippen LogP contribution in [0, 0.1) is 5.92 Å². The Balaban J connectivity index is 2.30. The molecule has 0 aromatic rings. The molecule has 1 atom stereocenters. The molecule has 1 heterocycles. The summed E-state index contributed by atoms with van der Waals surface area (Å²) in [6, 6.07) is 0. The molecule has 0 saturated carbocycles. The molecule has 1 N–H and O–H groups in total. The average molecular weight is 172 g/mol. The first-order chi connectivity index (χ1) is 5.74. The maximum absolute atomic E-state index is 5.56. The van der Waals surface area contributed by atoms with Gasteiger partial charge in [0.2, 0.25) is 0 Å². The molecule has 0 aliphatic carbocycles. The van der Waals surface area contributed by atoms with Gasteiger partial charge < -0.3 is 4.74 Å². The minimum atomic E-state index is 0.213. The highest BCUT2D eigenvalue weighted by molar-refractivity contribution is 4.65. The molecule has 1 unspecified atom stereocenters. The Morgan fingerprint density at radius 2 is 2.33 bits per heavy atom. The minimum Gasteiger partial charge on any atom is -0.360 e. The molecule has 1 fully saturated rings. The molecule has 0 spiro atoms. The molecule has 1 aliphatic rings. The summed E-state index contributed by atoms with van der Waals surface area (Å²) < 4.78 is 5.56. The molecule has 1 rings (SSSR count). The van der Waals surface area contributed by atoms with E-state index in [9.17, 15) is 0 Å². The molecule has 12 heavy (non-hydrogen) atoms. The number of nitrogens with one attached hydrogen (secondary N) is 1. The normalized spacial score (nSPS) is 26.5. The molecule has 1 saturated heterocycles. The second-order valence-electron chi connectivity index (χ2n) is 3.65. The fraction of sp³-hybridized carbons (Fsp3) is 1.00. The Morgan fingerprint density at radius 1 is 1.58 bits per heavy atom. The van der Waals surface area contributed by atoms with Gasteiger partial charge >= 0.3 is 0 Å². The summed E-state index contributed by atoms with van der Waals surface area (Å²) in [5, 5.41) is 2.26. The van der Waals surface area contributed by atoms with Crippen LogP contribution >= 0.6 is 0 Å². The van der Waals surface area contributed by atoms with E-state index in [2.05, 4.69) is 31.2 Å². The van der Waals surface area contributed by atoms with Crippen LogP contribution in [0.25, 0.3) is 0 Å². The number of hydrogen-bond acceptors (Lipinski definition) is 3. The quantitative estimate of drug-likeness (QED) is 0.692. The molecule has 72 valence electrons. The van der Waals surface area contributed by atoms with E-state index < -0.39 is 0 Å². The zero-order valence-electron chi connectivity index (χ0n) is 8.34. The topological polar surface area (TPSA) is 24.5 Å². The van der Waals surface area contributed by atoms with E-state index in [1.165, 1.54) is 6.42 Å². The van der Waals surface area contributed by atoms with E-state index >= 15 is 0 Å². The second kappa shape index (κ2) is 4.80. The average Bonchev–Trinajstić information content (AvgIpc) is 2.05. The SMILES string of the molecule is CCCN1CCOC(C(C)C)N1. The Bertz CT molecular complexity index is 126. The molecule has 3 heteroatoms. The first-order valence-corrected chi connectivity index (χ1v) is 4.86. The highest BCUT2D eigenvalue weighted by Gasteiger charge is 2.20. The van der Waals surface area contributed by atoms with E-state index in [1.807, 2.05) is 0 Å². The summed E-state index contributed by atoms with van der Waals surface area (Å²) in [5.41, 5.74) is 3.36. The van der Waals surface area contributed by atoms with Crippen LogP contribution in [0.5, 0.6) is 0 Å². The van der Waals surface area contributed by atoms with Crippen LogP contribution < -0.4 is 5.43 Å². The molecular formula is C9H20N2O. The lowest BCUT2D eigenvalue weighted by molar-refractivity contribution is -0.104. The van der Waals surface area contributed by atoms with Crippen molar-refractivity contribution < 1.29 is 4.74 Å². The van der Waals surface area contributed by atoms with Crippen LogP contribution in [0.2, 0.25) is 0 Å². The third-order valence-corrected chi connectivity index (χ3v) is 2.07. The molecular weight excluding hydrogens is 152 g/mol. The smallest absolute Gasteiger partial charge is 0.122 e. The third kappa shape index (κ3) is 2.73. The van der Waals surface area contributed by atoms with Gasteiger partial charge in [0, 0.05) is 13.1 Å². The van der Waals surface area contributed by atoms with E-state index in [-0.39, 0.29) is 6.23 Å². The van der Waals surface area contributed by atoms with Crippen molar-refractivity contribution in [1.82, 2.24) is 10.4 Å². The highest BCUT2D eigenvalue weighted by atomic mass is 16.5. The first-order valence-electron chi connectivity index (χ1n) is 4.86. The Labute approximate surface area is 75.0 Å². The largest absolute Gasteiger partial charge is 0.360 e. The summed E-state index contributed by atoms with van der Waals surface area (Å²) in [6.45, 7) is 9.53. The second-order valence-corrected chi connectivity index (χ2v) is 3.65. The Kier molecular flexibility index (Phi) is 3.98. The van der Waals surface area contributed by atoms with Crippen LogP contribution in [-0.4, -0.2) is 30.9 Å². The summed E-state index contributed by atoms with van der Waals surface area (Å²) in [5.74, 6) is 0.546. The summed E-state index contributed by atoms with van der Waals surface area (Å²) >= 11 is 0. The van der Waals surface area contributed by atoms with Crippen LogP contribution in [0.3, 0.4) is 0 Å². The zero-order chi connectivity index (χ0) is 8.97. The monoisotopic (exact) mass is 172 g/mol.